The molecule has 0 aliphatic rings. The SMILES string of the molecule is CC(C)N(C)C(=O)c1csc(-c2ccc(OCc3ccccc3F)cc2Cl)n1. The van der Waals surface area contributed by atoms with Crippen molar-refractivity contribution in [1.29, 1.82) is 0 Å². The molecule has 0 atom stereocenters. The predicted octanol–water partition coefficient (Wildman–Crippen LogP) is 5.66. The average Bonchev–Trinajstić information content (AvgIpc) is 3.16. The van der Waals surface area contributed by atoms with E-state index in [1.807, 2.05) is 13.8 Å². The molecule has 4 nitrogen and oxygen atoms in total. The number of rotatable bonds is 6. The lowest BCUT2D eigenvalue weighted by Crippen LogP contribution is -2.33. The van der Waals surface area contributed by atoms with Gasteiger partial charge in [0, 0.05) is 29.6 Å². The van der Waals surface area contributed by atoms with Crippen LogP contribution in [0.25, 0.3) is 10.6 Å². The van der Waals surface area contributed by atoms with Gasteiger partial charge in [-0.25, -0.2) is 9.37 Å². The molecule has 0 fully saturated rings. The molecule has 0 unspecified atom stereocenters. The van der Waals surface area contributed by atoms with Crippen molar-refractivity contribution in [3.05, 3.63) is 69.9 Å². The molecule has 1 aromatic heterocycles. The van der Waals surface area contributed by atoms with Crippen LogP contribution in [0.2, 0.25) is 5.02 Å². The number of benzene rings is 2. The zero-order chi connectivity index (χ0) is 20.3. The minimum absolute atomic E-state index is 0.0899. The summed E-state index contributed by atoms with van der Waals surface area (Å²) >= 11 is 7.75. The van der Waals surface area contributed by atoms with Gasteiger partial charge in [-0.15, -0.1) is 11.3 Å². The smallest absolute Gasteiger partial charge is 0.273 e. The van der Waals surface area contributed by atoms with Crippen molar-refractivity contribution in [2.45, 2.75) is 26.5 Å². The average molecular weight is 419 g/mol. The van der Waals surface area contributed by atoms with Crippen LogP contribution in [0.5, 0.6) is 5.75 Å². The molecule has 0 aliphatic carbocycles. The molecular formula is C21H20ClFN2O2S. The van der Waals surface area contributed by atoms with E-state index in [0.717, 1.165) is 5.56 Å². The summed E-state index contributed by atoms with van der Waals surface area (Å²) in [6, 6.07) is 11.8. The van der Waals surface area contributed by atoms with Gasteiger partial charge in [0.15, 0.2) is 0 Å². The Bertz CT molecular complexity index is 990. The quantitative estimate of drug-likeness (QED) is 0.518. The van der Waals surface area contributed by atoms with Crippen LogP contribution in [0.1, 0.15) is 29.9 Å². The zero-order valence-electron chi connectivity index (χ0n) is 15.8. The summed E-state index contributed by atoms with van der Waals surface area (Å²) in [7, 11) is 1.75. The lowest BCUT2D eigenvalue weighted by molar-refractivity contribution is 0.0750. The van der Waals surface area contributed by atoms with Crippen molar-refractivity contribution in [3.63, 3.8) is 0 Å². The molecule has 0 aliphatic heterocycles. The van der Waals surface area contributed by atoms with Gasteiger partial charge in [0.25, 0.3) is 5.91 Å². The van der Waals surface area contributed by atoms with E-state index < -0.39 is 0 Å². The molecule has 0 bridgehead atoms. The van der Waals surface area contributed by atoms with Crippen molar-refractivity contribution >= 4 is 28.8 Å². The minimum atomic E-state index is -0.309. The highest BCUT2D eigenvalue weighted by Crippen LogP contribution is 2.33. The molecule has 0 spiro atoms. The summed E-state index contributed by atoms with van der Waals surface area (Å²) in [5.74, 6) is 0.0967. The van der Waals surface area contributed by atoms with Gasteiger partial charge in [0.05, 0.1) is 5.02 Å². The summed E-state index contributed by atoms with van der Waals surface area (Å²) in [4.78, 5) is 18.5. The molecule has 1 amide bonds. The summed E-state index contributed by atoms with van der Waals surface area (Å²) in [5, 5.41) is 2.85. The number of nitrogens with zero attached hydrogens (tertiary/aromatic N) is 2. The summed E-state index contributed by atoms with van der Waals surface area (Å²) in [6.45, 7) is 4.00. The van der Waals surface area contributed by atoms with Crippen LogP contribution in [0.3, 0.4) is 0 Å². The Morgan fingerprint density at radius 3 is 2.71 bits per heavy atom. The van der Waals surface area contributed by atoms with E-state index in [0.29, 0.717) is 27.0 Å². The third kappa shape index (κ3) is 4.51. The first-order valence-electron chi connectivity index (χ1n) is 8.75. The Morgan fingerprint density at radius 1 is 1.29 bits per heavy atom. The Labute approximate surface area is 172 Å². The molecule has 3 aromatic rings. The standard InChI is InChI=1S/C21H20ClFN2O2S/c1-13(2)25(3)21(26)19-12-28-20(24-19)16-9-8-15(10-17(16)22)27-11-14-6-4-5-7-18(14)23/h4-10,12-13H,11H2,1-3H3. The van der Waals surface area contributed by atoms with E-state index in [1.165, 1.54) is 17.4 Å². The topological polar surface area (TPSA) is 42.4 Å². The van der Waals surface area contributed by atoms with Crippen molar-refractivity contribution < 1.29 is 13.9 Å². The molecular weight excluding hydrogens is 399 g/mol. The predicted molar refractivity (Wildman–Crippen MR) is 111 cm³/mol. The normalized spacial score (nSPS) is 10.9. The van der Waals surface area contributed by atoms with Gasteiger partial charge >= 0.3 is 0 Å². The third-order valence-corrected chi connectivity index (χ3v) is 5.53. The second-order valence-electron chi connectivity index (χ2n) is 6.57. The number of carbonyl (C=O) groups is 1. The van der Waals surface area contributed by atoms with Gasteiger partial charge in [0.2, 0.25) is 0 Å². The number of amides is 1. The van der Waals surface area contributed by atoms with Gasteiger partial charge in [-0.3, -0.25) is 4.79 Å². The lowest BCUT2D eigenvalue weighted by Gasteiger charge is -2.20. The molecule has 146 valence electrons. The highest BCUT2D eigenvalue weighted by Gasteiger charge is 2.19. The minimum Gasteiger partial charge on any atom is -0.489 e. The van der Waals surface area contributed by atoms with Crippen LogP contribution in [-0.2, 0) is 6.61 Å². The molecule has 0 saturated heterocycles. The first kappa shape index (κ1) is 20.3. The highest BCUT2D eigenvalue weighted by molar-refractivity contribution is 7.13. The Hall–Kier alpha value is -2.44. The molecule has 1 heterocycles. The van der Waals surface area contributed by atoms with Crippen molar-refractivity contribution in [1.82, 2.24) is 9.88 Å². The number of carbonyl (C=O) groups excluding carboxylic acids is 1. The second-order valence-corrected chi connectivity index (χ2v) is 7.83. The molecule has 3 rings (SSSR count). The third-order valence-electron chi connectivity index (χ3n) is 4.34. The number of aromatic nitrogens is 1. The summed E-state index contributed by atoms with van der Waals surface area (Å²) in [6.07, 6.45) is 0. The van der Waals surface area contributed by atoms with Crippen molar-refractivity contribution in [2.75, 3.05) is 7.05 Å². The maximum absolute atomic E-state index is 13.7. The maximum atomic E-state index is 13.7. The zero-order valence-corrected chi connectivity index (χ0v) is 17.4. The monoisotopic (exact) mass is 418 g/mol. The summed E-state index contributed by atoms with van der Waals surface area (Å²) < 4.78 is 19.3. The maximum Gasteiger partial charge on any atom is 0.273 e. The van der Waals surface area contributed by atoms with E-state index in [4.69, 9.17) is 16.3 Å². The van der Waals surface area contributed by atoms with Gasteiger partial charge in [-0.2, -0.15) is 0 Å². The summed E-state index contributed by atoms with van der Waals surface area (Å²) in [5.41, 5.74) is 1.59. The Kier molecular flexibility index (Phi) is 6.31. The molecule has 0 saturated carbocycles. The molecule has 28 heavy (non-hydrogen) atoms. The van der Waals surface area contributed by atoms with Crippen molar-refractivity contribution in [2.24, 2.45) is 0 Å². The van der Waals surface area contributed by atoms with E-state index in [2.05, 4.69) is 4.98 Å². The first-order chi connectivity index (χ1) is 13.4. The number of hydrogen-bond acceptors (Lipinski definition) is 4. The second kappa shape index (κ2) is 8.71. The van der Waals surface area contributed by atoms with E-state index >= 15 is 0 Å². The van der Waals surface area contributed by atoms with E-state index in [-0.39, 0.29) is 24.4 Å². The largest absolute Gasteiger partial charge is 0.489 e. The van der Waals surface area contributed by atoms with Gasteiger partial charge < -0.3 is 9.64 Å². The Morgan fingerprint density at radius 2 is 2.04 bits per heavy atom. The fourth-order valence-electron chi connectivity index (χ4n) is 2.45. The van der Waals surface area contributed by atoms with Crippen LogP contribution in [-0.4, -0.2) is 28.9 Å². The van der Waals surface area contributed by atoms with Crippen LogP contribution in [0.15, 0.2) is 47.8 Å². The molecule has 2 aromatic carbocycles. The number of halogens is 2. The lowest BCUT2D eigenvalue weighted by atomic mass is 10.2. The number of hydrogen-bond donors (Lipinski definition) is 0. The van der Waals surface area contributed by atoms with Crippen LogP contribution in [0.4, 0.5) is 4.39 Å². The fraction of sp³-hybridized carbons (Fsp3) is 0.238. The molecule has 0 N–H and O–H groups in total. The fourth-order valence-corrected chi connectivity index (χ4v) is 3.60. The first-order valence-corrected chi connectivity index (χ1v) is 10.0. The molecule has 0 radical (unpaired) electrons. The highest BCUT2D eigenvalue weighted by atomic mass is 35.5. The van der Waals surface area contributed by atoms with Gasteiger partial charge in [0.1, 0.15) is 28.9 Å². The van der Waals surface area contributed by atoms with Crippen LogP contribution < -0.4 is 4.74 Å². The van der Waals surface area contributed by atoms with Crippen molar-refractivity contribution in [3.8, 4) is 16.3 Å². The van der Waals surface area contributed by atoms with E-state index in [9.17, 15) is 9.18 Å². The number of thiazole rings is 1. The van der Waals surface area contributed by atoms with Gasteiger partial charge in [-0.05, 0) is 38.1 Å². The number of ether oxygens (including phenoxy) is 1. The van der Waals surface area contributed by atoms with Crippen LogP contribution in [0, 0.1) is 5.82 Å². The molecule has 7 heteroatoms. The van der Waals surface area contributed by atoms with E-state index in [1.54, 1.807) is 53.7 Å². The van der Waals surface area contributed by atoms with Crippen LogP contribution >= 0.6 is 22.9 Å². The Balaban J connectivity index is 1.74. The van der Waals surface area contributed by atoms with Gasteiger partial charge in [-0.1, -0.05) is 29.8 Å².